The number of nitrogens with one attached hydrogen (secondary N) is 2. The number of carbonyl (C=O) groups is 1. The topological polar surface area (TPSA) is 76.1 Å². The number of hydrogen-bond acceptors (Lipinski definition) is 5. The molecule has 27 heavy (non-hydrogen) atoms. The zero-order chi connectivity index (χ0) is 19.1. The second kappa shape index (κ2) is 9.00. The van der Waals surface area contributed by atoms with Crippen molar-refractivity contribution >= 4 is 29.0 Å². The van der Waals surface area contributed by atoms with Crippen LogP contribution in [-0.4, -0.2) is 29.5 Å². The van der Waals surface area contributed by atoms with Crippen LogP contribution in [0.3, 0.4) is 0 Å². The van der Waals surface area contributed by atoms with Gasteiger partial charge in [0.1, 0.15) is 17.3 Å². The van der Waals surface area contributed by atoms with Crippen LogP contribution in [0.5, 0.6) is 5.75 Å². The van der Waals surface area contributed by atoms with Crippen molar-refractivity contribution in [1.82, 2.24) is 15.3 Å². The van der Waals surface area contributed by atoms with Gasteiger partial charge in [-0.3, -0.25) is 4.79 Å². The van der Waals surface area contributed by atoms with Gasteiger partial charge in [0.2, 0.25) is 0 Å². The lowest BCUT2D eigenvalue weighted by Gasteiger charge is -2.09. The van der Waals surface area contributed by atoms with E-state index in [0.717, 1.165) is 17.0 Å². The number of aromatic nitrogens is 2. The highest BCUT2D eigenvalue weighted by Gasteiger charge is 2.09. The minimum absolute atomic E-state index is 0.261. The van der Waals surface area contributed by atoms with Gasteiger partial charge in [-0.1, -0.05) is 29.8 Å². The number of carbonyl (C=O) groups excluding carboxylic acids is 1. The molecule has 6 nitrogen and oxygen atoms in total. The molecule has 0 atom stereocenters. The molecule has 0 saturated heterocycles. The summed E-state index contributed by atoms with van der Waals surface area (Å²) < 4.78 is 5.31. The lowest BCUT2D eigenvalue weighted by Crippen LogP contribution is -2.26. The number of halogens is 1. The molecule has 0 fully saturated rings. The van der Waals surface area contributed by atoms with Gasteiger partial charge in [-0.15, -0.1) is 0 Å². The van der Waals surface area contributed by atoms with Crippen LogP contribution >= 0.6 is 11.6 Å². The summed E-state index contributed by atoms with van der Waals surface area (Å²) in [6.45, 7) is 0.478. The van der Waals surface area contributed by atoms with Gasteiger partial charge >= 0.3 is 0 Å². The summed E-state index contributed by atoms with van der Waals surface area (Å²) in [4.78, 5) is 20.6. The average Bonchev–Trinajstić information content (AvgIpc) is 2.70. The van der Waals surface area contributed by atoms with Crippen molar-refractivity contribution in [3.63, 3.8) is 0 Å². The van der Waals surface area contributed by atoms with Crippen molar-refractivity contribution in [1.29, 1.82) is 0 Å². The smallest absolute Gasteiger partial charge is 0.271 e. The number of anilines is 2. The molecule has 2 aromatic carbocycles. The minimum Gasteiger partial charge on any atom is -0.496 e. The predicted octanol–water partition coefficient (Wildman–Crippen LogP) is 3.85. The molecule has 0 aliphatic heterocycles. The van der Waals surface area contributed by atoms with Gasteiger partial charge < -0.3 is 15.4 Å². The summed E-state index contributed by atoms with van der Waals surface area (Å²) >= 11 is 5.86. The molecule has 0 bridgehead atoms. The van der Waals surface area contributed by atoms with E-state index in [-0.39, 0.29) is 11.6 Å². The number of benzene rings is 2. The third kappa shape index (κ3) is 5.18. The van der Waals surface area contributed by atoms with E-state index in [1.165, 1.54) is 12.4 Å². The lowest BCUT2D eigenvalue weighted by atomic mass is 10.1. The summed E-state index contributed by atoms with van der Waals surface area (Å²) in [5, 5.41) is 6.60. The molecule has 0 aliphatic rings. The first-order chi connectivity index (χ1) is 13.2. The molecule has 0 unspecified atom stereocenters. The van der Waals surface area contributed by atoms with E-state index in [0.29, 0.717) is 23.8 Å². The molecule has 3 aromatic rings. The molecule has 1 amide bonds. The summed E-state index contributed by atoms with van der Waals surface area (Å²) in [5.41, 5.74) is 2.13. The number of amides is 1. The Bertz CT molecular complexity index is 899. The maximum atomic E-state index is 12.2. The Kier molecular flexibility index (Phi) is 6.22. The highest BCUT2D eigenvalue weighted by molar-refractivity contribution is 6.30. The summed E-state index contributed by atoms with van der Waals surface area (Å²) in [7, 11) is 1.63. The van der Waals surface area contributed by atoms with Crippen LogP contribution in [0.2, 0.25) is 5.02 Å². The van der Waals surface area contributed by atoms with Crippen molar-refractivity contribution in [3.8, 4) is 5.75 Å². The Labute approximate surface area is 162 Å². The van der Waals surface area contributed by atoms with Crippen molar-refractivity contribution < 1.29 is 9.53 Å². The van der Waals surface area contributed by atoms with Gasteiger partial charge in [-0.25, -0.2) is 9.97 Å². The van der Waals surface area contributed by atoms with Crippen molar-refractivity contribution in [3.05, 3.63) is 77.2 Å². The molecular weight excluding hydrogens is 364 g/mol. The number of methoxy groups -OCH3 is 1. The van der Waals surface area contributed by atoms with E-state index >= 15 is 0 Å². The van der Waals surface area contributed by atoms with Crippen LogP contribution < -0.4 is 15.4 Å². The van der Waals surface area contributed by atoms with Gasteiger partial charge in [-0.2, -0.15) is 0 Å². The predicted molar refractivity (Wildman–Crippen MR) is 106 cm³/mol. The third-order valence-electron chi connectivity index (χ3n) is 3.87. The number of rotatable bonds is 7. The molecule has 138 valence electrons. The SMILES string of the molecule is COc1ccccc1CCNC(=O)c1cnc(Nc2ccc(Cl)cc2)cn1. The highest BCUT2D eigenvalue weighted by Crippen LogP contribution is 2.18. The fourth-order valence-electron chi connectivity index (χ4n) is 2.50. The van der Waals surface area contributed by atoms with Crippen LogP contribution in [0.15, 0.2) is 60.9 Å². The van der Waals surface area contributed by atoms with Crippen molar-refractivity contribution in [2.24, 2.45) is 0 Å². The number of ether oxygens (including phenoxy) is 1. The molecule has 3 rings (SSSR count). The van der Waals surface area contributed by atoms with E-state index in [1.807, 2.05) is 36.4 Å². The van der Waals surface area contributed by atoms with E-state index in [1.54, 1.807) is 19.2 Å². The van der Waals surface area contributed by atoms with Crippen molar-refractivity contribution in [2.45, 2.75) is 6.42 Å². The van der Waals surface area contributed by atoms with Gasteiger partial charge in [0.15, 0.2) is 0 Å². The highest BCUT2D eigenvalue weighted by atomic mass is 35.5. The Morgan fingerprint density at radius 2 is 1.85 bits per heavy atom. The van der Waals surface area contributed by atoms with Gasteiger partial charge in [-0.05, 0) is 42.3 Å². The normalized spacial score (nSPS) is 10.3. The van der Waals surface area contributed by atoms with Gasteiger partial charge in [0.25, 0.3) is 5.91 Å². The van der Waals surface area contributed by atoms with Crippen LogP contribution in [0.4, 0.5) is 11.5 Å². The zero-order valence-corrected chi connectivity index (χ0v) is 15.5. The number of hydrogen-bond donors (Lipinski definition) is 2. The molecule has 7 heteroatoms. The Morgan fingerprint density at radius 1 is 1.07 bits per heavy atom. The molecule has 2 N–H and O–H groups in total. The fourth-order valence-corrected chi connectivity index (χ4v) is 2.63. The van der Waals surface area contributed by atoms with E-state index in [9.17, 15) is 4.79 Å². The first kappa shape index (κ1) is 18.7. The maximum Gasteiger partial charge on any atom is 0.271 e. The Morgan fingerprint density at radius 3 is 2.56 bits per heavy atom. The first-order valence-electron chi connectivity index (χ1n) is 8.40. The first-order valence-corrected chi connectivity index (χ1v) is 8.78. The van der Waals surface area contributed by atoms with Crippen molar-refractivity contribution in [2.75, 3.05) is 19.0 Å². The van der Waals surface area contributed by atoms with E-state index in [2.05, 4.69) is 20.6 Å². The third-order valence-corrected chi connectivity index (χ3v) is 4.13. The molecule has 0 aliphatic carbocycles. The largest absolute Gasteiger partial charge is 0.496 e. The van der Waals surface area contributed by atoms with Gasteiger partial charge in [0, 0.05) is 17.3 Å². The molecule has 1 aromatic heterocycles. The number of para-hydroxylation sites is 1. The molecule has 0 spiro atoms. The monoisotopic (exact) mass is 382 g/mol. The molecule has 0 saturated carbocycles. The molecule has 0 radical (unpaired) electrons. The zero-order valence-electron chi connectivity index (χ0n) is 14.8. The number of nitrogens with zero attached hydrogens (tertiary/aromatic N) is 2. The summed E-state index contributed by atoms with van der Waals surface area (Å²) in [6.07, 6.45) is 3.62. The van der Waals surface area contributed by atoms with E-state index < -0.39 is 0 Å². The fraction of sp³-hybridized carbons (Fsp3) is 0.150. The Balaban J connectivity index is 1.53. The Hall–Kier alpha value is -3.12. The second-order valence-electron chi connectivity index (χ2n) is 5.74. The van der Waals surface area contributed by atoms with Crippen LogP contribution in [-0.2, 0) is 6.42 Å². The molecular formula is C20H19ClN4O2. The lowest BCUT2D eigenvalue weighted by molar-refractivity contribution is 0.0948. The minimum atomic E-state index is -0.268. The quantitative estimate of drug-likeness (QED) is 0.649. The maximum absolute atomic E-state index is 12.2. The second-order valence-corrected chi connectivity index (χ2v) is 6.17. The summed E-state index contributed by atoms with van der Waals surface area (Å²) in [5.74, 6) is 1.09. The summed E-state index contributed by atoms with van der Waals surface area (Å²) in [6, 6.07) is 15.0. The average molecular weight is 383 g/mol. The van der Waals surface area contributed by atoms with Crippen LogP contribution in [0.25, 0.3) is 0 Å². The van der Waals surface area contributed by atoms with Crippen LogP contribution in [0, 0.1) is 0 Å². The van der Waals surface area contributed by atoms with Crippen LogP contribution in [0.1, 0.15) is 16.1 Å². The standard InChI is InChI=1S/C20H19ClN4O2/c1-27-18-5-3-2-4-14(18)10-11-22-20(26)17-12-24-19(13-23-17)25-16-8-6-15(21)7-9-16/h2-9,12-13H,10-11H2,1H3,(H,22,26)(H,24,25). The van der Waals surface area contributed by atoms with E-state index in [4.69, 9.17) is 16.3 Å². The molecule has 1 heterocycles. The van der Waals surface area contributed by atoms with Gasteiger partial charge in [0.05, 0.1) is 19.5 Å².